The van der Waals surface area contributed by atoms with Crippen LogP contribution in [0.4, 0.5) is 4.39 Å². The number of carbonyl (C=O) groups is 3. The zero-order chi connectivity index (χ0) is 22.1. The van der Waals surface area contributed by atoms with Crippen molar-refractivity contribution in [3.05, 3.63) is 59.5 Å². The van der Waals surface area contributed by atoms with Crippen molar-refractivity contribution in [3.8, 4) is 5.88 Å². The number of methoxy groups -OCH3 is 2. The molecule has 30 heavy (non-hydrogen) atoms. The molecule has 0 aliphatic rings. The molecule has 8 nitrogen and oxygen atoms in total. The Morgan fingerprint density at radius 1 is 0.967 bits per heavy atom. The quantitative estimate of drug-likeness (QED) is 0.594. The van der Waals surface area contributed by atoms with E-state index in [1.807, 2.05) is 0 Å². The van der Waals surface area contributed by atoms with E-state index >= 15 is 0 Å². The molecule has 0 bridgehead atoms. The number of halogens is 1. The maximum absolute atomic E-state index is 13.1. The van der Waals surface area contributed by atoms with Crippen molar-refractivity contribution in [2.75, 3.05) is 14.2 Å². The van der Waals surface area contributed by atoms with Gasteiger partial charge in [0.05, 0.1) is 14.2 Å². The summed E-state index contributed by atoms with van der Waals surface area (Å²) in [5.41, 5.74) is 1.33. The molecule has 2 N–H and O–H groups in total. The van der Waals surface area contributed by atoms with E-state index in [-0.39, 0.29) is 12.8 Å². The molecule has 2 rings (SSSR count). The third-order valence-electron chi connectivity index (χ3n) is 4.30. The van der Waals surface area contributed by atoms with Crippen molar-refractivity contribution in [3.63, 3.8) is 0 Å². The summed E-state index contributed by atoms with van der Waals surface area (Å²) in [5.74, 6) is -1.60. The number of ether oxygens (including phenoxy) is 2. The van der Waals surface area contributed by atoms with Gasteiger partial charge in [0, 0.05) is 32.0 Å². The number of pyridine rings is 1. The first-order valence-corrected chi connectivity index (χ1v) is 9.21. The monoisotopic (exact) mass is 417 g/mol. The van der Waals surface area contributed by atoms with Crippen LogP contribution in [0.15, 0.2) is 42.6 Å². The lowest BCUT2D eigenvalue weighted by Gasteiger charge is -2.22. The van der Waals surface area contributed by atoms with Crippen molar-refractivity contribution in [2.45, 2.75) is 31.8 Å². The lowest BCUT2D eigenvalue weighted by atomic mass is 10.0. The zero-order valence-corrected chi connectivity index (χ0v) is 17.0. The fourth-order valence-corrected chi connectivity index (χ4v) is 2.81. The van der Waals surface area contributed by atoms with Gasteiger partial charge in [-0.3, -0.25) is 9.59 Å². The van der Waals surface area contributed by atoms with E-state index in [0.29, 0.717) is 17.0 Å². The minimum Gasteiger partial charge on any atom is -0.481 e. The van der Waals surface area contributed by atoms with Gasteiger partial charge in [0.15, 0.2) is 0 Å². The number of esters is 1. The molecule has 1 aromatic carbocycles. The molecule has 0 aliphatic carbocycles. The van der Waals surface area contributed by atoms with Crippen molar-refractivity contribution < 1.29 is 28.2 Å². The molecule has 160 valence electrons. The Kier molecular flexibility index (Phi) is 8.28. The Hall–Kier alpha value is -3.49. The summed E-state index contributed by atoms with van der Waals surface area (Å²) in [5, 5.41) is 5.18. The van der Waals surface area contributed by atoms with Gasteiger partial charge in [0.1, 0.15) is 17.9 Å². The highest BCUT2D eigenvalue weighted by Gasteiger charge is 2.27. The number of nitrogens with one attached hydrogen (secondary N) is 2. The third kappa shape index (κ3) is 6.84. The predicted octanol–water partition coefficient (Wildman–Crippen LogP) is 1.18. The van der Waals surface area contributed by atoms with Crippen LogP contribution in [-0.4, -0.2) is 49.1 Å². The molecular formula is C21H24FN3O5. The average molecular weight is 417 g/mol. The molecule has 0 aliphatic heterocycles. The van der Waals surface area contributed by atoms with E-state index in [4.69, 9.17) is 9.47 Å². The Morgan fingerprint density at radius 2 is 1.60 bits per heavy atom. The van der Waals surface area contributed by atoms with Gasteiger partial charge >= 0.3 is 5.97 Å². The normalized spacial score (nSPS) is 12.4. The Bertz CT molecular complexity index is 871. The summed E-state index contributed by atoms with van der Waals surface area (Å²) in [4.78, 5) is 40.7. The van der Waals surface area contributed by atoms with Crippen molar-refractivity contribution in [1.29, 1.82) is 0 Å². The fourth-order valence-electron chi connectivity index (χ4n) is 2.81. The average Bonchev–Trinajstić information content (AvgIpc) is 2.73. The highest BCUT2D eigenvalue weighted by atomic mass is 19.1. The first kappa shape index (κ1) is 22.8. The van der Waals surface area contributed by atoms with E-state index in [1.165, 1.54) is 51.6 Å². The number of amides is 2. The number of hydrogen-bond acceptors (Lipinski definition) is 6. The topological polar surface area (TPSA) is 107 Å². The first-order chi connectivity index (χ1) is 14.3. The van der Waals surface area contributed by atoms with Crippen molar-refractivity contribution >= 4 is 17.8 Å². The number of rotatable bonds is 9. The Morgan fingerprint density at radius 3 is 2.13 bits per heavy atom. The molecule has 1 aromatic heterocycles. The zero-order valence-electron chi connectivity index (χ0n) is 17.0. The Balaban J connectivity index is 2.14. The molecule has 0 radical (unpaired) electrons. The van der Waals surface area contributed by atoms with Gasteiger partial charge in [-0.1, -0.05) is 18.2 Å². The maximum atomic E-state index is 13.1. The van der Waals surface area contributed by atoms with Gasteiger partial charge in [0.2, 0.25) is 17.7 Å². The second-order valence-electron chi connectivity index (χ2n) is 6.58. The van der Waals surface area contributed by atoms with Gasteiger partial charge in [-0.25, -0.2) is 14.2 Å². The van der Waals surface area contributed by atoms with Gasteiger partial charge in [-0.05, 0) is 23.3 Å². The number of carbonyl (C=O) groups excluding carboxylic acids is 3. The number of aromatic nitrogens is 1. The summed E-state index contributed by atoms with van der Waals surface area (Å²) in [7, 11) is 2.71. The van der Waals surface area contributed by atoms with Crippen LogP contribution in [-0.2, 0) is 32.0 Å². The first-order valence-electron chi connectivity index (χ1n) is 9.21. The van der Waals surface area contributed by atoms with Crippen LogP contribution >= 0.6 is 0 Å². The molecular weight excluding hydrogens is 393 g/mol. The SMILES string of the molecule is COC(=O)[C@@H](Cc1ccc(OC)nc1)NC(=O)[C@@H](Cc1ccc(F)cc1)NC(C)=O. The van der Waals surface area contributed by atoms with Crippen LogP contribution in [0.1, 0.15) is 18.1 Å². The molecule has 0 unspecified atom stereocenters. The molecule has 9 heteroatoms. The number of nitrogens with zero attached hydrogens (tertiary/aromatic N) is 1. The molecule has 0 spiro atoms. The van der Waals surface area contributed by atoms with Gasteiger partial charge in [0.25, 0.3) is 0 Å². The lowest BCUT2D eigenvalue weighted by Crippen LogP contribution is -2.53. The molecule has 2 amide bonds. The van der Waals surface area contributed by atoms with Crippen LogP contribution < -0.4 is 15.4 Å². The second kappa shape index (κ2) is 10.9. The minimum atomic E-state index is -0.984. The summed E-state index contributed by atoms with van der Waals surface area (Å²) in [6.07, 6.45) is 1.80. The highest BCUT2D eigenvalue weighted by molar-refractivity contribution is 5.90. The fraction of sp³-hybridized carbons (Fsp3) is 0.333. The molecule has 1 heterocycles. The van der Waals surface area contributed by atoms with Gasteiger partial charge < -0.3 is 20.1 Å². The van der Waals surface area contributed by atoms with Crippen LogP contribution in [0.5, 0.6) is 5.88 Å². The molecule has 2 aromatic rings. The highest BCUT2D eigenvalue weighted by Crippen LogP contribution is 2.11. The van der Waals surface area contributed by atoms with Crippen LogP contribution in [0, 0.1) is 5.82 Å². The molecule has 0 fully saturated rings. The van der Waals surface area contributed by atoms with E-state index in [1.54, 1.807) is 12.1 Å². The molecule has 0 saturated heterocycles. The van der Waals surface area contributed by atoms with Crippen LogP contribution in [0.2, 0.25) is 0 Å². The molecule has 0 saturated carbocycles. The molecule has 2 atom stereocenters. The smallest absolute Gasteiger partial charge is 0.328 e. The largest absolute Gasteiger partial charge is 0.481 e. The second-order valence-corrected chi connectivity index (χ2v) is 6.58. The summed E-state index contributed by atoms with van der Waals surface area (Å²) in [6.45, 7) is 1.28. The van der Waals surface area contributed by atoms with E-state index < -0.39 is 35.7 Å². The van der Waals surface area contributed by atoms with E-state index in [9.17, 15) is 18.8 Å². The van der Waals surface area contributed by atoms with E-state index in [2.05, 4.69) is 15.6 Å². The number of hydrogen-bond donors (Lipinski definition) is 2. The third-order valence-corrected chi connectivity index (χ3v) is 4.30. The Labute approximate surface area is 173 Å². The summed E-state index contributed by atoms with van der Waals surface area (Å²) >= 11 is 0. The summed E-state index contributed by atoms with van der Waals surface area (Å²) in [6, 6.07) is 7.02. The van der Waals surface area contributed by atoms with Crippen LogP contribution in [0.25, 0.3) is 0 Å². The lowest BCUT2D eigenvalue weighted by molar-refractivity contribution is -0.145. The van der Waals surface area contributed by atoms with E-state index in [0.717, 1.165) is 0 Å². The van der Waals surface area contributed by atoms with Crippen LogP contribution in [0.3, 0.4) is 0 Å². The minimum absolute atomic E-state index is 0.129. The maximum Gasteiger partial charge on any atom is 0.328 e. The standard InChI is InChI=1S/C21H24FN3O5/c1-13(26)24-17(10-14-4-7-16(22)8-5-14)20(27)25-18(21(28)30-3)11-15-6-9-19(29-2)23-12-15/h4-9,12,17-18H,10-11H2,1-3H3,(H,24,26)(H,25,27)/t17-,18-/m1/s1. The predicted molar refractivity (Wildman–Crippen MR) is 106 cm³/mol. The van der Waals surface area contributed by atoms with Gasteiger partial charge in [-0.2, -0.15) is 0 Å². The van der Waals surface area contributed by atoms with Crippen molar-refractivity contribution in [1.82, 2.24) is 15.6 Å². The van der Waals surface area contributed by atoms with Gasteiger partial charge in [-0.15, -0.1) is 0 Å². The van der Waals surface area contributed by atoms with Crippen molar-refractivity contribution in [2.24, 2.45) is 0 Å². The number of benzene rings is 1. The summed E-state index contributed by atoms with van der Waals surface area (Å²) < 4.78 is 22.9.